The van der Waals surface area contributed by atoms with Crippen LogP contribution in [0.3, 0.4) is 0 Å². The summed E-state index contributed by atoms with van der Waals surface area (Å²) in [6.07, 6.45) is 2.09. The molecule has 0 unspecified atom stereocenters. The number of nitriles is 1. The van der Waals surface area contributed by atoms with Crippen LogP contribution in [0.15, 0.2) is 54.1 Å². The molecular formula is C27H24Cl2N2O2. The van der Waals surface area contributed by atoms with Gasteiger partial charge in [-0.1, -0.05) is 58.6 Å². The van der Waals surface area contributed by atoms with E-state index >= 15 is 0 Å². The third kappa shape index (κ3) is 6.16. The van der Waals surface area contributed by atoms with Crippen LogP contribution < -0.4 is 10.1 Å². The van der Waals surface area contributed by atoms with Crippen LogP contribution in [0.25, 0.3) is 6.08 Å². The molecule has 33 heavy (non-hydrogen) atoms. The van der Waals surface area contributed by atoms with Gasteiger partial charge in [0.25, 0.3) is 5.91 Å². The number of rotatable bonds is 6. The fourth-order valence-electron chi connectivity index (χ4n) is 3.63. The number of methoxy groups -OCH3 is 1. The van der Waals surface area contributed by atoms with E-state index in [9.17, 15) is 10.1 Å². The lowest BCUT2D eigenvalue weighted by Gasteiger charge is -2.13. The van der Waals surface area contributed by atoms with Crippen molar-refractivity contribution in [2.45, 2.75) is 27.2 Å². The molecule has 3 rings (SSSR count). The van der Waals surface area contributed by atoms with Crippen LogP contribution in [0.4, 0.5) is 5.69 Å². The van der Waals surface area contributed by atoms with Gasteiger partial charge in [0.2, 0.25) is 0 Å². The van der Waals surface area contributed by atoms with Gasteiger partial charge in [0, 0.05) is 27.7 Å². The minimum Gasteiger partial charge on any atom is -0.496 e. The van der Waals surface area contributed by atoms with Crippen LogP contribution in [0.2, 0.25) is 10.0 Å². The number of hydrogen-bond acceptors (Lipinski definition) is 3. The number of aryl methyl sites for hydroxylation is 3. The molecule has 0 aliphatic rings. The first-order valence-electron chi connectivity index (χ1n) is 10.3. The number of nitrogens with zero attached hydrogens (tertiary/aromatic N) is 1. The van der Waals surface area contributed by atoms with Gasteiger partial charge in [-0.3, -0.25) is 4.79 Å². The molecule has 4 nitrogen and oxygen atoms in total. The molecule has 0 bridgehead atoms. The molecule has 0 aliphatic heterocycles. The number of nitrogens with one attached hydrogen (secondary N) is 1. The Morgan fingerprint density at radius 1 is 1.03 bits per heavy atom. The normalized spacial score (nSPS) is 11.1. The zero-order chi connectivity index (χ0) is 24.1. The van der Waals surface area contributed by atoms with Gasteiger partial charge >= 0.3 is 0 Å². The van der Waals surface area contributed by atoms with Crippen molar-refractivity contribution in [2.75, 3.05) is 12.4 Å². The van der Waals surface area contributed by atoms with Crippen molar-refractivity contribution in [3.63, 3.8) is 0 Å². The number of benzene rings is 3. The zero-order valence-electron chi connectivity index (χ0n) is 18.9. The highest BCUT2D eigenvalue weighted by Gasteiger charge is 2.14. The van der Waals surface area contributed by atoms with Gasteiger partial charge in [0.15, 0.2) is 0 Å². The van der Waals surface area contributed by atoms with Crippen molar-refractivity contribution in [3.05, 3.63) is 97.5 Å². The van der Waals surface area contributed by atoms with Crippen LogP contribution in [0.5, 0.6) is 5.75 Å². The Kier molecular flexibility index (Phi) is 7.81. The van der Waals surface area contributed by atoms with E-state index in [2.05, 4.69) is 37.4 Å². The Morgan fingerprint density at radius 2 is 1.73 bits per heavy atom. The van der Waals surface area contributed by atoms with Gasteiger partial charge in [-0.05, 0) is 67.8 Å². The Morgan fingerprint density at radius 3 is 2.33 bits per heavy atom. The summed E-state index contributed by atoms with van der Waals surface area (Å²) in [7, 11) is 1.57. The van der Waals surface area contributed by atoms with Gasteiger partial charge in [0.1, 0.15) is 17.4 Å². The Hall–Kier alpha value is -3.26. The predicted molar refractivity (Wildman–Crippen MR) is 135 cm³/mol. The smallest absolute Gasteiger partial charge is 0.266 e. The van der Waals surface area contributed by atoms with Crippen LogP contribution in [-0.2, 0) is 11.2 Å². The van der Waals surface area contributed by atoms with E-state index in [-0.39, 0.29) is 5.57 Å². The molecule has 3 aromatic rings. The van der Waals surface area contributed by atoms with E-state index < -0.39 is 5.91 Å². The van der Waals surface area contributed by atoms with Crippen molar-refractivity contribution in [3.8, 4) is 11.8 Å². The van der Waals surface area contributed by atoms with Crippen molar-refractivity contribution >= 4 is 40.9 Å². The highest BCUT2D eigenvalue weighted by molar-refractivity contribution is 6.32. The summed E-state index contributed by atoms with van der Waals surface area (Å²) in [6.45, 7) is 5.99. The molecule has 0 aromatic heterocycles. The van der Waals surface area contributed by atoms with Gasteiger partial charge in [-0.2, -0.15) is 5.26 Å². The average molecular weight is 479 g/mol. The minimum absolute atomic E-state index is 0.0631. The summed E-state index contributed by atoms with van der Waals surface area (Å²) in [5, 5.41) is 13.3. The number of ether oxygens (including phenoxy) is 1. The first kappa shape index (κ1) is 24.4. The molecule has 0 spiro atoms. The summed E-state index contributed by atoms with van der Waals surface area (Å²) in [5.41, 5.74) is 6.27. The minimum atomic E-state index is -0.535. The lowest BCUT2D eigenvalue weighted by atomic mass is 9.98. The van der Waals surface area contributed by atoms with E-state index in [4.69, 9.17) is 27.9 Å². The summed E-state index contributed by atoms with van der Waals surface area (Å²) >= 11 is 12.7. The molecule has 0 saturated heterocycles. The molecular weight excluding hydrogens is 455 g/mol. The van der Waals surface area contributed by atoms with Crippen LogP contribution in [-0.4, -0.2) is 13.0 Å². The molecule has 0 aliphatic carbocycles. The summed E-state index contributed by atoms with van der Waals surface area (Å²) < 4.78 is 5.58. The number of halogens is 2. The number of anilines is 1. The SMILES string of the molecule is COc1cc(/C=C(\C#N)C(=O)Nc2ccc(C)c(Cl)c2)cc(Cl)c1Cc1cc(C)cc(C)c1. The first-order chi connectivity index (χ1) is 15.7. The lowest BCUT2D eigenvalue weighted by molar-refractivity contribution is -0.112. The van der Waals surface area contributed by atoms with Crippen LogP contribution >= 0.6 is 23.2 Å². The second-order valence-electron chi connectivity index (χ2n) is 7.94. The fraction of sp³-hybridized carbons (Fsp3) is 0.185. The van der Waals surface area contributed by atoms with E-state index in [1.54, 1.807) is 37.4 Å². The van der Waals surface area contributed by atoms with Crippen molar-refractivity contribution in [1.82, 2.24) is 0 Å². The zero-order valence-corrected chi connectivity index (χ0v) is 20.4. The summed E-state index contributed by atoms with van der Waals surface area (Å²) in [4.78, 5) is 12.6. The van der Waals surface area contributed by atoms with Gasteiger partial charge in [-0.15, -0.1) is 0 Å². The largest absolute Gasteiger partial charge is 0.496 e. The highest BCUT2D eigenvalue weighted by atomic mass is 35.5. The number of carbonyl (C=O) groups is 1. The van der Waals surface area contributed by atoms with Crippen molar-refractivity contribution in [1.29, 1.82) is 5.26 Å². The summed E-state index contributed by atoms with van der Waals surface area (Å²) in [6, 6.07) is 17.0. The first-order valence-corrected chi connectivity index (χ1v) is 11.1. The second-order valence-corrected chi connectivity index (χ2v) is 8.76. The van der Waals surface area contributed by atoms with Gasteiger partial charge in [-0.25, -0.2) is 0 Å². The quantitative estimate of drug-likeness (QED) is 0.304. The van der Waals surface area contributed by atoms with Crippen LogP contribution in [0, 0.1) is 32.1 Å². The fourth-order valence-corrected chi connectivity index (χ4v) is 4.09. The number of amides is 1. The molecule has 6 heteroatoms. The molecule has 0 saturated carbocycles. The Labute approximate surface area is 204 Å². The molecule has 1 N–H and O–H groups in total. The molecule has 0 heterocycles. The van der Waals surface area contributed by atoms with E-state index in [1.165, 1.54) is 17.2 Å². The molecule has 3 aromatic carbocycles. The topological polar surface area (TPSA) is 62.1 Å². The third-order valence-electron chi connectivity index (χ3n) is 5.16. The van der Waals surface area contributed by atoms with E-state index in [0.717, 1.165) is 16.7 Å². The second kappa shape index (κ2) is 10.6. The Bertz CT molecular complexity index is 1270. The maximum atomic E-state index is 12.6. The average Bonchev–Trinajstić information content (AvgIpc) is 2.75. The third-order valence-corrected chi connectivity index (χ3v) is 5.91. The predicted octanol–water partition coefficient (Wildman–Crippen LogP) is 7.06. The molecule has 1 amide bonds. The maximum Gasteiger partial charge on any atom is 0.266 e. The van der Waals surface area contributed by atoms with Crippen LogP contribution in [0.1, 0.15) is 33.4 Å². The molecule has 0 atom stereocenters. The van der Waals surface area contributed by atoms with Gasteiger partial charge < -0.3 is 10.1 Å². The van der Waals surface area contributed by atoms with E-state index in [1.807, 2.05) is 13.0 Å². The van der Waals surface area contributed by atoms with E-state index in [0.29, 0.717) is 33.5 Å². The molecule has 168 valence electrons. The highest BCUT2D eigenvalue weighted by Crippen LogP contribution is 2.32. The maximum absolute atomic E-state index is 12.6. The Balaban J connectivity index is 1.89. The lowest BCUT2D eigenvalue weighted by Crippen LogP contribution is -2.13. The van der Waals surface area contributed by atoms with Crippen molar-refractivity contribution < 1.29 is 9.53 Å². The monoisotopic (exact) mass is 478 g/mol. The standard InChI is InChI=1S/C27H24Cl2N2O2/c1-16-7-17(2)9-19(8-16)11-23-25(29)12-20(13-26(23)33-4)10-21(15-30)27(32)31-22-6-5-18(3)24(28)14-22/h5-10,12-14H,11H2,1-4H3,(H,31,32)/b21-10+. The molecule has 0 fully saturated rings. The van der Waals surface area contributed by atoms with Gasteiger partial charge in [0.05, 0.1) is 7.11 Å². The van der Waals surface area contributed by atoms with Crippen molar-refractivity contribution in [2.24, 2.45) is 0 Å². The number of hydrogen-bond donors (Lipinski definition) is 1. The summed E-state index contributed by atoms with van der Waals surface area (Å²) in [5.74, 6) is 0.0581. The molecule has 0 radical (unpaired) electrons. The number of carbonyl (C=O) groups excluding carboxylic acids is 1.